The largest absolute Gasteiger partial charge is 0.480 e. The number of likely N-dealkylation sites (tertiary alicyclic amines) is 2. The number of hydrogen-bond donors (Lipinski definition) is 12. The summed E-state index contributed by atoms with van der Waals surface area (Å²) in [6, 6.07) is 16.4. The van der Waals surface area contributed by atoms with Crippen molar-refractivity contribution in [3.63, 3.8) is 0 Å². The first-order valence-corrected chi connectivity index (χ1v) is 26.9. The molecule has 2 aliphatic heterocycles. The number of carboxylic acids is 1. The summed E-state index contributed by atoms with van der Waals surface area (Å²) in [6.07, 6.45) is 2.15. The minimum atomic E-state index is -1.61. The second kappa shape index (κ2) is 31.8. The van der Waals surface area contributed by atoms with Crippen molar-refractivity contribution in [3.8, 4) is 0 Å². The Morgan fingerprint density at radius 1 is 0.605 bits per heavy atom. The first-order chi connectivity index (χ1) is 38.8. The van der Waals surface area contributed by atoms with Crippen molar-refractivity contribution in [2.45, 2.75) is 119 Å². The zero-order valence-electron chi connectivity index (χ0n) is 45.5. The molecule has 2 heterocycles. The van der Waals surface area contributed by atoms with Crippen LogP contribution < -0.4 is 55.3 Å². The van der Waals surface area contributed by atoms with Crippen LogP contribution in [-0.2, 0) is 62.4 Å². The molecule has 3 aromatic rings. The monoisotopic (exact) mass is 1120 g/mol. The number of carbonyl (C=O) groups is 9. The lowest BCUT2D eigenvalue weighted by Crippen LogP contribution is -2.60. The van der Waals surface area contributed by atoms with Gasteiger partial charge in [0.15, 0.2) is 11.9 Å². The predicted octanol–water partition coefficient (Wildman–Crippen LogP) is -2.91. The van der Waals surface area contributed by atoms with Gasteiger partial charge in [-0.25, -0.2) is 4.79 Å². The number of aliphatic hydroxyl groups is 1. The van der Waals surface area contributed by atoms with Gasteiger partial charge in [-0.15, -0.1) is 0 Å². The van der Waals surface area contributed by atoms with Crippen molar-refractivity contribution in [1.82, 2.24) is 41.3 Å². The standard InChI is InChI=1S/C55H77N15O11/c1-68(52(79)43-24-14-28-70(43)50(77)37(56)21-11-25-61-54(57)58)44(31-36-19-9-4-10-20-36)48(75)63-32-45(72)64-39(29-34-15-5-2-6-16-34)46(73)67-41(33-71)51(78)69-27-13-23-42(69)49(76)66-40(30-35-17-7-3-8-18-35)47(74)65-38(53(80)81)22-12-26-62-55(59)60/h2-10,15-20,37-44,71H,11-14,21-33,56H2,1H3,(H,63,75)(H,64,72)(H,65,74)(H,66,76)(H,67,73)(H,80,81)(H4,57,58,61)(H4,59,60,62)/t37-,38-,39-,40-,41-,42-,43-,44+/m0/s1. The zero-order chi connectivity index (χ0) is 59.0. The quantitative estimate of drug-likeness (QED) is 0.0181. The number of carboxylic acid groups (broad SMARTS) is 1. The minimum Gasteiger partial charge on any atom is -0.480 e. The van der Waals surface area contributed by atoms with E-state index in [0.29, 0.717) is 42.4 Å². The summed E-state index contributed by atoms with van der Waals surface area (Å²) in [7, 11) is 1.45. The number of aliphatic imine (C=N–C) groups is 2. The van der Waals surface area contributed by atoms with E-state index >= 15 is 0 Å². The van der Waals surface area contributed by atoms with Crippen molar-refractivity contribution >= 4 is 65.1 Å². The van der Waals surface area contributed by atoms with Gasteiger partial charge in [-0.05, 0) is 68.1 Å². The molecule has 2 aliphatic rings. The van der Waals surface area contributed by atoms with Gasteiger partial charge in [-0.1, -0.05) is 91.0 Å². The summed E-state index contributed by atoms with van der Waals surface area (Å²) in [4.78, 5) is 136. The second-order valence-corrected chi connectivity index (χ2v) is 20.0. The van der Waals surface area contributed by atoms with Gasteiger partial charge in [0.1, 0.15) is 42.3 Å². The van der Waals surface area contributed by atoms with Crippen molar-refractivity contribution in [2.24, 2.45) is 38.7 Å². The van der Waals surface area contributed by atoms with Crippen molar-refractivity contribution in [1.29, 1.82) is 0 Å². The molecule has 0 spiro atoms. The van der Waals surface area contributed by atoms with Gasteiger partial charge in [0.05, 0.1) is 19.2 Å². The molecule has 0 unspecified atom stereocenters. The number of nitrogens with one attached hydrogen (secondary N) is 5. The van der Waals surface area contributed by atoms with Gasteiger partial charge < -0.3 is 80.2 Å². The van der Waals surface area contributed by atoms with Gasteiger partial charge in [0.25, 0.3) is 0 Å². The number of guanidine groups is 2. The molecule has 0 saturated carbocycles. The third-order valence-corrected chi connectivity index (χ3v) is 14.0. The summed E-state index contributed by atoms with van der Waals surface area (Å²) in [6.45, 7) is -0.851. The molecule has 0 aromatic heterocycles. The van der Waals surface area contributed by atoms with Crippen molar-refractivity contribution in [2.75, 3.05) is 46.4 Å². The average Bonchev–Trinajstić information content (AvgIpc) is 4.17. The highest BCUT2D eigenvalue weighted by Gasteiger charge is 2.42. The molecule has 8 amide bonds. The van der Waals surface area contributed by atoms with Gasteiger partial charge in [-0.3, -0.25) is 48.3 Å². The fourth-order valence-corrected chi connectivity index (χ4v) is 9.69. The van der Waals surface area contributed by atoms with Crippen molar-refractivity contribution < 1.29 is 53.4 Å². The SMILES string of the molecule is CN(C(=O)[C@@H]1CCCN1C(=O)[C@@H](N)CCCN=C(N)N)[C@H](Cc1ccccc1)C(=O)NCC(=O)N[C@@H](Cc1ccccc1)C(=O)N[C@@H](CO)C(=O)N1CCC[C@H]1C(=O)N[C@@H](Cc1ccccc1)C(=O)N[C@@H](CCCN=C(N)N)C(=O)O. The molecule has 0 bridgehead atoms. The van der Waals surface area contributed by atoms with E-state index in [2.05, 4.69) is 36.6 Å². The van der Waals surface area contributed by atoms with Crippen molar-refractivity contribution in [3.05, 3.63) is 108 Å². The molecule has 26 heteroatoms. The van der Waals surface area contributed by atoms with Crippen LogP contribution >= 0.6 is 0 Å². The number of aliphatic carboxylic acids is 1. The maximum absolute atomic E-state index is 14.2. The fourth-order valence-electron chi connectivity index (χ4n) is 9.69. The second-order valence-electron chi connectivity index (χ2n) is 20.0. The summed E-state index contributed by atoms with van der Waals surface area (Å²) in [5, 5.41) is 33.5. The van der Waals surface area contributed by atoms with Gasteiger partial charge in [-0.2, -0.15) is 0 Å². The van der Waals surface area contributed by atoms with E-state index in [0.717, 1.165) is 0 Å². The fraction of sp³-hybridized carbons (Fsp3) is 0.473. The average molecular weight is 1120 g/mol. The minimum absolute atomic E-state index is 0.0267. The molecule has 2 saturated heterocycles. The number of hydrogen-bond acceptors (Lipinski definition) is 13. The van der Waals surface area contributed by atoms with Gasteiger partial charge in [0.2, 0.25) is 47.3 Å². The van der Waals surface area contributed by atoms with E-state index in [1.807, 2.05) is 0 Å². The number of carbonyl (C=O) groups excluding carboxylic acids is 8. The van der Waals surface area contributed by atoms with E-state index in [1.54, 1.807) is 91.0 Å². The Morgan fingerprint density at radius 3 is 1.58 bits per heavy atom. The molecule has 2 fully saturated rings. The van der Waals surface area contributed by atoms with E-state index in [-0.39, 0.29) is 83.0 Å². The maximum Gasteiger partial charge on any atom is 0.326 e. The van der Waals surface area contributed by atoms with E-state index in [4.69, 9.17) is 28.7 Å². The van der Waals surface area contributed by atoms with E-state index in [9.17, 15) is 53.4 Å². The highest BCUT2D eigenvalue weighted by Crippen LogP contribution is 2.23. The number of nitrogens with zero attached hydrogens (tertiary/aromatic N) is 5. The van der Waals surface area contributed by atoms with Crippen LogP contribution in [0.15, 0.2) is 101 Å². The Hall–Kier alpha value is -8.65. The summed E-state index contributed by atoms with van der Waals surface area (Å²) in [5.74, 6) is -7.26. The number of nitrogens with two attached hydrogens (primary N) is 5. The Kier molecular flexibility index (Phi) is 24.8. The summed E-state index contributed by atoms with van der Waals surface area (Å²) < 4.78 is 0. The van der Waals surface area contributed by atoms with Crippen LogP contribution in [0.4, 0.5) is 0 Å². The van der Waals surface area contributed by atoms with E-state index < -0.39 is 115 Å². The van der Waals surface area contributed by atoms with Crippen LogP contribution in [0.2, 0.25) is 0 Å². The van der Waals surface area contributed by atoms with Crippen LogP contribution in [0.1, 0.15) is 68.1 Å². The number of amides is 8. The number of likely N-dealkylation sites (N-methyl/N-ethyl adjacent to an activating group) is 1. The maximum atomic E-state index is 14.2. The van der Waals surface area contributed by atoms with E-state index in [1.165, 1.54) is 21.7 Å². The number of benzene rings is 3. The predicted molar refractivity (Wildman–Crippen MR) is 300 cm³/mol. The molecule has 5 rings (SSSR count). The Bertz CT molecular complexity index is 2680. The molecule has 0 aliphatic carbocycles. The summed E-state index contributed by atoms with van der Waals surface area (Å²) >= 11 is 0. The summed E-state index contributed by atoms with van der Waals surface area (Å²) in [5.41, 5.74) is 29.8. The van der Waals surface area contributed by atoms with Crippen LogP contribution in [0, 0.1) is 0 Å². The highest BCUT2D eigenvalue weighted by atomic mass is 16.4. The first-order valence-electron chi connectivity index (χ1n) is 26.9. The smallest absolute Gasteiger partial charge is 0.326 e. The first kappa shape index (κ1) is 63.2. The molecule has 26 nitrogen and oxygen atoms in total. The molecule has 0 radical (unpaired) electrons. The molecule has 8 atom stereocenters. The van der Waals surface area contributed by atoms with Crippen LogP contribution in [0.25, 0.3) is 0 Å². The lowest BCUT2D eigenvalue weighted by atomic mass is 10.0. The lowest BCUT2D eigenvalue weighted by molar-refractivity contribution is -0.147. The normalized spacial score (nSPS) is 16.9. The molecular weight excluding hydrogens is 1050 g/mol. The third-order valence-electron chi connectivity index (χ3n) is 14.0. The van der Waals surface area contributed by atoms with Gasteiger partial charge >= 0.3 is 5.97 Å². The van der Waals surface area contributed by atoms with Crippen LogP contribution in [0.3, 0.4) is 0 Å². The number of aliphatic hydroxyl groups excluding tert-OH is 1. The molecule has 3 aromatic carbocycles. The topological polar surface area (TPSA) is 419 Å². The third kappa shape index (κ3) is 19.6. The molecule has 17 N–H and O–H groups in total. The Balaban J connectivity index is 1.26. The number of rotatable bonds is 30. The molecule has 438 valence electrons. The van der Waals surface area contributed by atoms with Crippen LogP contribution in [0.5, 0.6) is 0 Å². The molecular formula is C55H77N15O11. The van der Waals surface area contributed by atoms with Crippen LogP contribution in [-0.4, -0.2) is 185 Å². The Morgan fingerprint density at radius 2 is 1.07 bits per heavy atom. The Labute approximate surface area is 470 Å². The molecule has 81 heavy (non-hydrogen) atoms. The lowest BCUT2D eigenvalue weighted by Gasteiger charge is -2.33. The zero-order valence-corrected chi connectivity index (χ0v) is 45.5. The highest BCUT2D eigenvalue weighted by molar-refractivity contribution is 5.98. The van der Waals surface area contributed by atoms with Gasteiger partial charge in [0, 0.05) is 52.5 Å².